The summed E-state index contributed by atoms with van der Waals surface area (Å²) in [6.07, 6.45) is 1.09. The van der Waals surface area contributed by atoms with Crippen molar-refractivity contribution in [1.82, 2.24) is 15.2 Å². The van der Waals surface area contributed by atoms with Gasteiger partial charge in [-0.2, -0.15) is 0 Å². The summed E-state index contributed by atoms with van der Waals surface area (Å²) in [5.74, 6) is 0.737. The van der Waals surface area contributed by atoms with E-state index in [0.29, 0.717) is 40.0 Å². The zero-order chi connectivity index (χ0) is 13.8. The van der Waals surface area contributed by atoms with Gasteiger partial charge in [0.25, 0.3) is 0 Å². The lowest BCUT2D eigenvalue weighted by molar-refractivity contribution is 0.287. The molecule has 100 valence electrons. The minimum atomic E-state index is 0.0745. The first-order valence-electron chi connectivity index (χ1n) is 5.67. The van der Waals surface area contributed by atoms with E-state index in [1.807, 2.05) is 0 Å². The first-order chi connectivity index (χ1) is 9.13. The van der Waals surface area contributed by atoms with Crippen molar-refractivity contribution in [3.8, 4) is 11.3 Å². The fraction of sp³-hybridized carbons (Fsp3) is 0.250. The molecule has 2 aromatic rings. The summed E-state index contributed by atoms with van der Waals surface area (Å²) in [5, 5.41) is 17.6. The number of aliphatic hydroxyl groups is 1. The topological polar surface area (TPSA) is 84.9 Å². The Bertz CT molecular complexity index is 592. The Labute approximate surface area is 120 Å². The van der Waals surface area contributed by atoms with Gasteiger partial charge >= 0.3 is 0 Å². The Balaban J connectivity index is 2.38. The number of aliphatic hydroxyl groups excluding tert-OH is 1. The zero-order valence-corrected chi connectivity index (χ0v) is 11.5. The van der Waals surface area contributed by atoms with Crippen molar-refractivity contribution in [2.24, 2.45) is 0 Å². The van der Waals surface area contributed by atoms with Crippen molar-refractivity contribution in [3.63, 3.8) is 0 Å². The molecule has 0 aliphatic heterocycles. The molecule has 0 bridgehead atoms. The first-order valence-corrected chi connectivity index (χ1v) is 6.43. The molecule has 1 aromatic carbocycles. The largest absolute Gasteiger partial charge is 0.396 e. The number of aromatic nitrogens is 3. The van der Waals surface area contributed by atoms with Crippen LogP contribution < -0.4 is 5.73 Å². The van der Waals surface area contributed by atoms with Crippen molar-refractivity contribution >= 4 is 29.0 Å². The van der Waals surface area contributed by atoms with Gasteiger partial charge in [0.05, 0.1) is 10.0 Å². The van der Waals surface area contributed by atoms with Crippen LogP contribution in [0.5, 0.6) is 0 Å². The molecule has 1 heterocycles. The molecule has 0 atom stereocenters. The number of nitrogens with zero attached hydrogens (tertiary/aromatic N) is 3. The normalized spacial score (nSPS) is 10.7. The van der Waals surface area contributed by atoms with Gasteiger partial charge in [-0.25, -0.2) is 4.98 Å². The second-order valence-electron chi connectivity index (χ2n) is 3.89. The van der Waals surface area contributed by atoms with E-state index in [9.17, 15) is 0 Å². The van der Waals surface area contributed by atoms with Crippen molar-refractivity contribution in [1.29, 1.82) is 0 Å². The number of rotatable bonds is 4. The molecule has 19 heavy (non-hydrogen) atoms. The lowest BCUT2D eigenvalue weighted by Crippen LogP contribution is -2.06. The number of anilines is 1. The molecule has 1 aromatic heterocycles. The van der Waals surface area contributed by atoms with Crippen molar-refractivity contribution < 1.29 is 5.11 Å². The fourth-order valence-electron chi connectivity index (χ4n) is 1.59. The highest BCUT2D eigenvalue weighted by atomic mass is 35.5. The summed E-state index contributed by atoms with van der Waals surface area (Å²) < 4.78 is 0. The van der Waals surface area contributed by atoms with E-state index in [0.717, 1.165) is 0 Å². The van der Waals surface area contributed by atoms with E-state index in [4.69, 9.17) is 34.0 Å². The lowest BCUT2D eigenvalue weighted by Gasteiger charge is -2.07. The van der Waals surface area contributed by atoms with Crippen molar-refractivity contribution in [3.05, 3.63) is 34.1 Å². The summed E-state index contributed by atoms with van der Waals surface area (Å²) in [4.78, 5) is 4.15. The fourth-order valence-corrected chi connectivity index (χ4v) is 1.98. The number of hydrogen-bond acceptors (Lipinski definition) is 5. The first kappa shape index (κ1) is 14.0. The number of nitrogen functional groups attached to an aromatic ring is 1. The molecule has 0 unspecified atom stereocenters. The van der Waals surface area contributed by atoms with E-state index in [1.54, 1.807) is 18.2 Å². The molecule has 0 spiro atoms. The molecular weight excluding hydrogens is 287 g/mol. The van der Waals surface area contributed by atoms with Gasteiger partial charge in [-0.1, -0.05) is 35.3 Å². The number of nitrogens with two attached hydrogens (primary N) is 1. The van der Waals surface area contributed by atoms with Crippen LogP contribution in [0.15, 0.2) is 18.2 Å². The zero-order valence-electron chi connectivity index (χ0n) is 9.98. The van der Waals surface area contributed by atoms with Crippen LogP contribution in [0.3, 0.4) is 0 Å². The van der Waals surface area contributed by atoms with Crippen LogP contribution >= 0.6 is 23.2 Å². The van der Waals surface area contributed by atoms with Gasteiger partial charge < -0.3 is 10.8 Å². The second kappa shape index (κ2) is 6.14. The molecule has 0 aliphatic carbocycles. The molecule has 0 radical (unpaired) electrons. The quantitative estimate of drug-likeness (QED) is 0.905. The maximum absolute atomic E-state index is 8.76. The number of aryl methyl sites for hydroxylation is 1. The minimum absolute atomic E-state index is 0.0745. The van der Waals surface area contributed by atoms with Gasteiger partial charge in [-0.3, -0.25) is 0 Å². The maximum Gasteiger partial charge on any atom is 0.154 e. The summed E-state index contributed by atoms with van der Waals surface area (Å²) in [5.41, 5.74) is 6.87. The Morgan fingerprint density at radius 2 is 2.00 bits per heavy atom. The Hall–Kier alpha value is -1.43. The number of hydrogen-bond donors (Lipinski definition) is 2. The molecular formula is C12H12Cl2N4O. The van der Waals surface area contributed by atoms with Crippen LogP contribution in [-0.4, -0.2) is 26.9 Å². The molecule has 5 nitrogen and oxygen atoms in total. The highest BCUT2D eigenvalue weighted by Gasteiger charge is 2.13. The van der Waals surface area contributed by atoms with Crippen molar-refractivity contribution in [2.75, 3.05) is 12.3 Å². The van der Waals surface area contributed by atoms with E-state index < -0.39 is 0 Å². The lowest BCUT2D eigenvalue weighted by atomic mass is 10.1. The predicted molar refractivity (Wildman–Crippen MR) is 75.1 cm³/mol. The van der Waals surface area contributed by atoms with Gasteiger partial charge in [0, 0.05) is 18.6 Å². The molecule has 0 saturated heterocycles. The van der Waals surface area contributed by atoms with Gasteiger partial charge in [0.2, 0.25) is 0 Å². The smallest absolute Gasteiger partial charge is 0.154 e. The third kappa shape index (κ3) is 3.12. The minimum Gasteiger partial charge on any atom is -0.396 e. The van der Waals surface area contributed by atoms with Crippen molar-refractivity contribution in [2.45, 2.75) is 12.8 Å². The van der Waals surface area contributed by atoms with E-state index in [2.05, 4.69) is 15.2 Å². The third-order valence-electron chi connectivity index (χ3n) is 2.52. The van der Waals surface area contributed by atoms with Crippen LogP contribution in [0.4, 0.5) is 5.82 Å². The Morgan fingerprint density at radius 1 is 1.21 bits per heavy atom. The average Bonchev–Trinajstić information content (AvgIpc) is 2.40. The predicted octanol–water partition coefficient (Wildman–Crippen LogP) is 2.35. The highest BCUT2D eigenvalue weighted by molar-refractivity contribution is 6.43. The van der Waals surface area contributed by atoms with Crippen LogP contribution in [0, 0.1) is 0 Å². The Morgan fingerprint density at radius 3 is 2.68 bits per heavy atom. The van der Waals surface area contributed by atoms with Gasteiger partial charge in [-0.05, 0) is 12.5 Å². The van der Waals surface area contributed by atoms with Gasteiger partial charge in [-0.15, -0.1) is 10.2 Å². The summed E-state index contributed by atoms with van der Waals surface area (Å²) in [6, 6.07) is 5.19. The van der Waals surface area contributed by atoms with Crippen LogP contribution in [-0.2, 0) is 6.42 Å². The molecule has 0 amide bonds. The van der Waals surface area contributed by atoms with E-state index >= 15 is 0 Å². The molecule has 3 N–H and O–H groups in total. The highest BCUT2D eigenvalue weighted by Crippen LogP contribution is 2.33. The summed E-state index contributed by atoms with van der Waals surface area (Å²) in [7, 11) is 0. The van der Waals surface area contributed by atoms with Crippen LogP contribution in [0.1, 0.15) is 12.2 Å². The third-order valence-corrected chi connectivity index (χ3v) is 3.34. The molecule has 7 heteroatoms. The van der Waals surface area contributed by atoms with Gasteiger partial charge in [0.1, 0.15) is 5.69 Å². The van der Waals surface area contributed by atoms with E-state index in [1.165, 1.54) is 0 Å². The summed E-state index contributed by atoms with van der Waals surface area (Å²) in [6.45, 7) is 0.0745. The molecule has 0 aliphatic rings. The molecule has 0 saturated carbocycles. The van der Waals surface area contributed by atoms with E-state index in [-0.39, 0.29) is 12.4 Å². The van der Waals surface area contributed by atoms with Crippen LogP contribution in [0.25, 0.3) is 11.3 Å². The Kier molecular flexibility index (Phi) is 4.52. The summed E-state index contributed by atoms with van der Waals surface area (Å²) >= 11 is 12.1. The monoisotopic (exact) mass is 298 g/mol. The molecule has 2 rings (SSSR count). The van der Waals surface area contributed by atoms with Gasteiger partial charge in [0.15, 0.2) is 11.6 Å². The standard InChI is InChI=1S/C12H12Cl2N4O/c13-8-4-1-3-7(10(8)14)11-12(15)16-9(17-18-11)5-2-6-19/h1,3-4,19H,2,5-6H2,(H2,15,16,17). The average molecular weight is 299 g/mol. The number of halogens is 2. The SMILES string of the molecule is Nc1nc(CCCO)nnc1-c1cccc(Cl)c1Cl. The number of benzene rings is 1. The molecule has 0 fully saturated rings. The maximum atomic E-state index is 8.76. The second-order valence-corrected chi connectivity index (χ2v) is 4.68. The van der Waals surface area contributed by atoms with Crippen LogP contribution in [0.2, 0.25) is 10.0 Å².